The van der Waals surface area contributed by atoms with Gasteiger partial charge in [-0.1, -0.05) is 24.3 Å². The maximum atomic E-state index is 4.37. The minimum atomic E-state index is 0.746. The van der Waals surface area contributed by atoms with Crippen molar-refractivity contribution in [3.8, 4) is 0 Å². The highest BCUT2D eigenvalue weighted by Gasteiger charge is 2.11. The molecule has 7 nitrogen and oxygen atoms in total. The van der Waals surface area contributed by atoms with E-state index in [2.05, 4.69) is 61.8 Å². The standard InChI is InChI=1S/C22H35N7/c1-23-22(24-10-5-13-28-14-7-12-27(2)16-17-28)25-18-20-8-3-4-9-21(20)19-29-15-6-11-26-29/h3-4,6,8-9,11,15H,5,7,10,12-14,16-19H2,1-2H3,(H2,23,24,25). The lowest BCUT2D eigenvalue weighted by Crippen LogP contribution is -2.39. The summed E-state index contributed by atoms with van der Waals surface area (Å²) in [7, 11) is 4.05. The van der Waals surface area contributed by atoms with Crippen LogP contribution in [0.3, 0.4) is 0 Å². The third-order valence-electron chi connectivity index (χ3n) is 5.44. The van der Waals surface area contributed by atoms with Gasteiger partial charge in [0.05, 0.1) is 6.54 Å². The van der Waals surface area contributed by atoms with Crippen molar-refractivity contribution in [3.63, 3.8) is 0 Å². The van der Waals surface area contributed by atoms with Crippen molar-refractivity contribution in [2.24, 2.45) is 4.99 Å². The minimum Gasteiger partial charge on any atom is -0.356 e. The fourth-order valence-corrected chi connectivity index (χ4v) is 3.69. The van der Waals surface area contributed by atoms with E-state index in [0.717, 1.165) is 38.6 Å². The van der Waals surface area contributed by atoms with E-state index in [0.29, 0.717) is 0 Å². The molecule has 2 N–H and O–H groups in total. The zero-order valence-corrected chi connectivity index (χ0v) is 17.8. The van der Waals surface area contributed by atoms with Gasteiger partial charge in [0, 0.05) is 45.6 Å². The maximum absolute atomic E-state index is 4.37. The van der Waals surface area contributed by atoms with Crippen LogP contribution in [-0.2, 0) is 13.1 Å². The Labute approximate surface area is 174 Å². The summed E-state index contributed by atoms with van der Waals surface area (Å²) < 4.78 is 1.95. The number of rotatable bonds is 8. The summed E-state index contributed by atoms with van der Waals surface area (Å²) in [4.78, 5) is 9.38. The molecule has 0 amide bonds. The van der Waals surface area contributed by atoms with Crippen LogP contribution in [0.1, 0.15) is 24.0 Å². The van der Waals surface area contributed by atoms with Crippen molar-refractivity contribution in [1.29, 1.82) is 0 Å². The lowest BCUT2D eigenvalue weighted by atomic mass is 10.1. The van der Waals surface area contributed by atoms with Crippen LogP contribution in [0.15, 0.2) is 47.7 Å². The van der Waals surface area contributed by atoms with E-state index in [1.807, 2.05) is 30.2 Å². The molecule has 0 bridgehead atoms. The molecule has 1 fully saturated rings. The Morgan fingerprint density at radius 3 is 2.72 bits per heavy atom. The van der Waals surface area contributed by atoms with Crippen LogP contribution in [0, 0.1) is 0 Å². The summed E-state index contributed by atoms with van der Waals surface area (Å²) in [6.07, 6.45) is 6.20. The maximum Gasteiger partial charge on any atom is 0.191 e. The monoisotopic (exact) mass is 397 g/mol. The van der Waals surface area contributed by atoms with Crippen molar-refractivity contribution in [2.75, 3.05) is 53.4 Å². The molecule has 29 heavy (non-hydrogen) atoms. The van der Waals surface area contributed by atoms with E-state index in [1.165, 1.54) is 43.7 Å². The molecule has 0 radical (unpaired) electrons. The quantitative estimate of drug-likeness (QED) is 0.403. The van der Waals surface area contributed by atoms with Crippen molar-refractivity contribution in [3.05, 3.63) is 53.9 Å². The van der Waals surface area contributed by atoms with E-state index in [4.69, 9.17) is 0 Å². The van der Waals surface area contributed by atoms with Gasteiger partial charge in [-0.15, -0.1) is 0 Å². The number of nitrogens with zero attached hydrogens (tertiary/aromatic N) is 5. The number of hydrogen-bond acceptors (Lipinski definition) is 4. The molecule has 0 spiro atoms. The van der Waals surface area contributed by atoms with Crippen LogP contribution < -0.4 is 10.6 Å². The minimum absolute atomic E-state index is 0.746. The zero-order valence-electron chi connectivity index (χ0n) is 17.8. The van der Waals surface area contributed by atoms with Crippen molar-refractivity contribution in [1.82, 2.24) is 30.2 Å². The molecule has 0 saturated carbocycles. The van der Waals surface area contributed by atoms with Gasteiger partial charge >= 0.3 is 0 Å². The van der Waals surface area contributed by atoms with E-state index < -0.39 is 0 Å². The molecule has 1 aliphatic heterocycles. The number of guanidine groups is 1. The van der Waals surface area contributed by atoms with Crippen LogP contribution in [0.4, 0.5) is 0 Å². The largest absolute Gasteiger partial charge is 0.356 e. The fourth-order valence-electron chi connectivity index (χ4n) is 3.69. The molecule has 1 aromatic carbocycles. The van der Waals surface area contributed by atoms with E-state index in [9.17, 15) is 0 Å². The fraction of sp³-hybridized carbons (Fsp3) is 0.545. The molecule has 158 valence electrons. The first-order valence-electron chi connectivity index (χ1n) is 10.6. The van der Waals surface area contributed by atoms with Gasteiger partial charge in [-0.2, -0.15) is 5.10 Å². The molecule has 1 saturated heterocycles. The Hall–Kier alpha value is -2.38. The molecular formula is C22H35N7. The first-order valence-corrected chi connectivity index (χ1v) is 10.6. The molecule has 7 heteroatoms. The number of benzene rings is 1. The van der Waals surface area contributed by atoms with Crippen LogP contribution in [0.5, 0.6) is 0 Å². The number of aliphatic imine (C=N–C) groups is 1. The summed E-state index contributed by atoms with van der Waals surface area (Å²) in [5.41, 5.74) is 2.53. The second-order valence-electron chi connectivity index (χ2n) is 7.68. The second-order valence-corrected chi connectivity index (χ2v) is 7.68. The van der Waals surface area contributed by atoms with Crippen LogP contribution in [0.2, 0.25) is 0 Å². The smallest absolute Gasteiger partial charge is 0.191 e. The molecule has 1 aliphatic rings. The summed E-state index contributed by atoms with van der Waals surface area (Å²) >= 11 is 0. The van der Waals surface area contributed by atoms with Gasteiger partial charge in [-0.25, -0.2) is 0 Å². The Kier molecular flexibility index (Phi) is 8.52. The number of hydrogen-bond donors (Lipinski definition) is 2. The summed E-state index contributed by atoms with van der Waals surface area (Å²) in [6, 6.07) is 10.4. The highest BCUT2D eigenvalue weighted by atomic mass is 15.3. The van der Waals surface area contributed by atoms with Gasteiger partial charge in [0.2, 0.25) is 0 Å². The van der Waals surface area contributed by atoms with Crippen molar-refractivity contribution < 1.29 is 0 Å². The topological polar surface area (TPSA) is 60.7 Å². The van der Waals surface area contributed by atoms with Crippen LogP contribution in [0.25, 0.3) is 0 Å². The molecule has 2 heterocycles. The first kappa shape index (κ1) is 21.3. The SMILES string of the molecule is CN=C(NCCCN1CCCN(C)CC1)NCc1ccccc1Cn1cccn1. The predicted molar refractivity (Wildman–Crippen MR) is 119 cm³/mol. The highest BCUT2D eigenvalue weighted by molar-refractivity contribution is 5.79. The zero-order chi connectivity index (χ0) is 20.3. The average Bonchev–Trinajstić information content (AvgIpc) is 3.16. The third kappa shape index (κ3) is 7.18. The molecular weight excluding hydrogens is 362 g/mol. The average molecular weight is 398 g/mol. The van der Waals surface area contributed by atoms with Gasteiger partial charge in [0.25, 0.3) is 0 Å². The molecule has 2 aromatic rings. The highest BCUT2D eigenvalue weighted by Crippen LogP contribution is 2.10. The van der Waals surface area contributed by atoms with E-state index in [1.54, 1.807) is 0 Å². The van der Waals surface area contributed by atoms with Crippen LogP contribution in [-0.4, -0.2) is 78.9 Å². The summed E-state index contributed by atoms with van der Waals surface area (Å²) in [5.74, 6) is 0.856. The van der Waals surface area contributed by atoms with Gasteiger partial charge < -0.3 is 20.4 Å². The Bertz CT molecular complexity index is 741. The number of aromatic nitrogens is 2. The van der Waals surface area contributed by atoms with Gasteiger partial charge in [0.1, 0.15) is 0 Å². The lowest BCUT2D eigenvalue weighted by molar-refractivity contribution is 0.274. The lowest BCUT2D eigenvalue weighted by Gasteiger charge is -2.20. The van der Waals surface area contributed by atoms with E-state index in [-0.39, 0.29) is 0 Å². The van der Waals surface area contributed by atoms with Gasteiger partial charge in [-0.3, -0.25) is 9.67 Å². The molecule has 0 unspecified atom stereocenters. The molecule has 1 aromatic heterocycles. The molecule has 3 rings (SSSR count). The number of nitrogens with one attached hydrogen (secondary N) is 2. The first-order chi connectivity index (χ1) is 14.2. The molecule has 0 aliphatic carbocycles. The van der Waals surface area contributed by atoms with Gasteiger partial charge in [-0.05, 0) is 56.7 Å². The third-order valence-corrected chi connectivity index (χ3v) is 5.44. The Morgan fingerprint density at radius 1 is 1.07 bits per heavy atom. The van der Waals surface area contributed by atoms with E-state index >= 15 is 0 Å². The van der Waals surface area contributed by atoms with Gasteiger partial charge in [0.15, 0.2) is 5.96 Å². The second kappa shape index (κ2) is 11.6. The normalized spacial score (nSPS) is 16.6. The van der Waals surface area contributed by atoms with Crippen LogP contribution >= 0.6 is 0 Å². The predicted octanol–water partition coefficient (Wildman–Crippen LogP) is 1.62. The summed E-state index contributed by atoms with van der Waals surface area (Å²) in [6.45, 7) is 8.38. The van der Waals surface area contributed by atoms with Crippen molar-refractivity contribution >= 4 is 5.96 Å². The number of likely N-dealkylation sites (N-methyl/N-ethyl adjacent to an activating group) is 1. The Balaban J connectivity index is 1.40. The van der Waals surface area contributed by atoms with Crippen molar-refractivity contribution in [2.45, 2.75) is 25.9 Å². The molecule has 0 atom stereocenters. The summed E-state index contributed by atoms with van der Waals surface area (Å²) in [5, 5.41) is 11.2. The Morgan fingerprint density at radius 2 is 1.93 bits per heavy atom.